The van der Waals surface area contributed by atoms with Crippen LogP contribution in [0.1, 0.15) is 5.69 Å². The molecule has 0 unspecified atom stereocenters. The third kappa shape index (κ3) is 2.93. The molecule has 0 saturated heterocycles. The highest BCUT2D eigenvalue weighted by atomic mass is 79.9. The minimum Gasteiger partial charge on any atom is -0.278 e. The zero-order valence-electron chi connectivity index (χ0n) is 9.84. The molecule has 1 aromatic carbocycles. The van der Waals surface area contributed by atoms with Crippen LogP contribution in [0.2, 0.25) is 5.02 Å². The average molecular weight is 373 g/mol. The minimum atomic E-state index is -3.92. The Kier molecular flexibility index (Phi) is 4.28. The van der Waals surface area contributed by atoms with Crippen LogP contribution in [-0.2, 0) is 10.0 Å². The molecule has 102 valence electrons. The first-order chi connectivity index (χ1) is 9.45. The minimum absolute atomic E-state index is 0.168. The number of hydrogen-bond donors (Lipinski definition) is 1. The van der Waals surface area contributed by atoms with Gasteiger partial charge >= 0.3 is 0 Å². The lowest BCUT2D eigenvalue weighted by molar-refractivity contribution is 0.600. The highest BCUT2D eigenvalue weighted by Gasteiger charge is 2.20. The molecule has 0 atom stereocenters. The van der Waals surface area contributed by atoms with E-state index >= 15 is 0 Å². The number of rotatable bonds is 3. The van der Waals surface area contributed by atoms with E-state index in [1.54, 1.807) is 24.3 Å². The fourth-order valence-corrected chi connectivity index (χ4v) is 3.32. The van der Waals surface area contributed by atoms with E-state index in [0.717, 1.165) is 0 Å². The molecule has 0 spiro atoms. The molecule has 8 heteroatoms. The lowest BCUT2D eigenvalue weighted by Crippen LogP contribution is -2.15. The van der Waals surface area contributed by atoms with E-state index in [1.807, 2.05) is 0 Å². The summed E-state index contributed by atoms with van der Waals surface area (Å²) in [6.07, 6.45) is 1.35. The summed E-state index contributed by atoms with van der Waals surface area (Å²) in [4.78, 5) is 3.54. The van der Waals surface area contributed by atoms with Crippen molar-refractivity contribution in [1.29, 1.82) is 5.26 Å². The summed E-state index contributed by atoms with van der Waals surface area (Å²) >= 11 is 9.10. The van der Waals surface area contributed by atoms with Crippen LogP contribution in [0.15, 0.2) is 45.9 Å². The molecule has 0 saturated carbocycles. The number of benzene rings is 1. The maximum absolute atomic E-state index is 12.3. The van der Waals surface area contributed by atoms with Gasteiger partial charge in [-0.2, -0.15) is 5.26 Å². The number of nitriles is 1. The SMILES string of the molecule is N#Cc1ncccc1S(=O)(=O)Nc1cccc(Cl)c1Br. The van der Waals surface area contributed by atoms with Gasteiger partial charge in [0.15, 0.2) is 5.69 Å². The maximum Gasteiger partial charge on any atom is 0.264 e. The van der Waals surface area contributed by atoms with Gasteiger partial charge in [-0.1, -0.05) is 17.7 Å². The van der Waals surface area contributed by atoms with E-state index in [1.165, 1.54) is 18.3 Å². The quantitative estimate of drug-likeness (QED) is 0.897. The second-order valence-corrected chi connectivity index (χ2v) is 6.52. The van der Waals surface area contributed by atoms with Crippen molar-refractivity contribution in [2.24, 2.45) is 0 Å². The van der Waals surface area contributed by atoms with Crippen molar-refractivity contribution in [1.82, 2.24) is 4.98 Å². The highest BCUT2D eigenvalue weighted by Crippen LogP contribution is 2.31. The summed E-state index contributed by atoms with van der Waals surface area (Å²) in [6.45, 7) is 0. The first kappa shape index (κ1) is 14.8. The highest BCUT2D eigenvalue weighted by molar-refractivity contribution is 9.10. The number of halogens is 2. The van der Waals surface area contributed by atoms with Gasteiger partial charge < -0.3 is 0 Å². The molecular weight excluding hydrogens is 366 g/mol. The topological polar surface area (TPSA) is 82.8 Å². The molecule has 0 aliphatic carbocycles. The molecule has 1 aromatic heterocycles. The van der Waals surface area contributed by atoms with Crippen molar-refractivity contribution in [2.75, 3.05) is 4.72 Å². The van der Waals surface area contributed by atoms with Crippen molar-refractivity contribution < 1.29 is 8.42 Å². The number of nitrogens with zero attached hydrogens (tertiary/aromatic N) is 2. The molecule has 0 fully saturated rings. The molecule has 1 N–H and O–H groups in total. The van der Waals surface area contributed by atoms with Crippen molar-refractivity contribution in [2.45, 2.75) is 4.90 Å². The van der Waals surface area contributed by atoms with Crippen LogP contribution < -0.4 is 4.72 Å². The van der Waals surface area contributed by atoms with E-state index in [0.29, 0.717) is 9.50 Å². The van der Waals surface area contributed by atoms with E-state index < -0.39 is 10.0 Å². The normalized spacial score (nSPS) is 10.8. The monoisotopic (exact) mass is 371 g/mol. The predicted octanol–water partition coefficient (Wildman–Crippen LogP) is 3.17. The Balaban J connectivity index is 2.47. The largest absolute Gasteiger partial charge is 0.278 e. The Hall–Kier alpha value is -1.62. The smallest absolute Gasteiger partial charge is 0.264 e. The van der Waals surface area contributed by atoms with Gasteiger partial charge in [0.1, 0.15) is 11.0 Å². The van der Waals surface area contributed by atoms with Crippen LogP contribution >= 0.6 is 27.5 Å². The summed E-state index contributed by atoms with van der Waals surface area (Å²) < 4.78 is 27.3. The Morgan fingerprint density at radius 2 is 2.05 bits per heavy atom. The third-order valence-electron chi connectivity index (χ3n) is 2.36. The molecule has 0 amide bonds. The van der Waals surface area contributed by atoms with Crippen LogP contribution in [-0.4, -0.2) is 13.4 Å². The average Bonchev–Trinajstić information content (AvgIpc) is 2.43. The molecule has 0 bridgehead atoms. The Morgan fingerprint density at radius 1 is 1.30 bits per heavy atom. The molecule has 2 rings (SSSR count). The Labute approximate surface area is 129 Å². The van der Waals surface area contributed by atoms with Crippen LogP contribution in [0.4, 0.5) is 5.69 Å². The zero-order chi connectivity index (χ0) is 14.8. The summed E-state index contributed by atoms with van der Waals surface area (Å²) in [5.41, 5.74) is 0.114. The van der Waals surface area contributed by atoms with Gasteiger partial charge in [-0.05, 0) is 40.2 Å². The molecule has 5 nitrogen and oxygen atoms in total. The number of hydrogen-bond acceptors (Lipinski definition) is 4. The Morgan fingerprint density at radius 3 is 2.75 bits per heavy atom. The molecule has 20 heavy (non-hydrogen) atoms. The second kappa shape index (κ2) is 5.79. The predicted molar refractivity (Wildman–Crippen MR) is 78.9 cm³/mol. The fraction of sp³-hybridized carbons (Fsp3) is 0. The molecule has 0 aliphatic heterocycles. The van der Waals surface area contributed by atoms with Crippen LogP contribution in [0, 0.1) is 11.3 Å². The van der Waals surface area contributed by atoms with E-state index in [2.05, 4.69) is 25.6 Å². The lowest BCUT2D eigenvalue weighted by Gasteiger charge is -2.10. The zero-order valence-corrected chi connectivity index (χ0v) is 13.0. The lowest BCUT2D eigenvalue weighted by atomic mass is 10.3. The van der Waals surface area contributed by atoms with Gasteiger partial charge in [0.2, 0.25) is 0 Å². The second-order valence-electron chi connectivity index (χ2n) is 3.67. The van der Waals surface area contributed by atoms with Crippen molar-refractivity contribution in [3.63, 3.8) is 0 Å². The van der Waals surface area contributed by atoms with Gasteiger partial charge in [0.25, 0.3) is 10.0 Å². The molecule has 2 aromatic rings. The molecule has 0 aliphatic rings. The summed E-state index contributed by atoms with van der Waals surface area (Å²) in [5, 5.41) is 9.28. The van der Waals surface area contributed by atoms with E-state index in [-0.39, 0.29) is 16.3 Å². The summed E-state index contributed by atoms with van der Waals surface area (Å²) in [6, 6.07) is 9.29. The van der Waals surface area contributed by atoms with Crippen molar-refractivity contribution in [3.8, 4) is 6.07 Å². The van der Waals surface area contributed by atoms with Crippen molar-refractivity contribution in [3.05, 3.63) is 51.7 Å². The van der Waals surface area contributed by atoms with Crippen LogP contribution in [0.3, 0.4) is 0 Å². The Bertz CT molecular complexity index is 803. The van der Waals surface area contributed by atoms with Crippen molar-refractivity contribution >= 4 is 43.2 Å². The maximum atomic E-state index is 12.3. The van der Waals surface area contributed by atoms with Gasteiger partial charge in [0, 0.05) is 6.20 Å². The molecule has 1 heterocycles. The summed E-state index contributed by atoms with van der Waals surface area (Å²) in [7, 11) is -3.92. The van der Waals surface area contributed by atoms with Gasteiger partial charge in [-0.3, -0.25) is 4.72 Å². The first-order valence-electron chi connectivity index (χ1n) is 5.27. The number of aromatic nitrogens is 1. The molecule has 0 radical (unpaired) electrons. The van der Waals surface area contributed by atoms with E-state index in [4.69, 9.17) is 16.9 Å². The van der Waals surface area contributed by atoms with Crippen LogP contribution in [0.5, 0.6) is 0 Å². The van der Waals surface area contributed by atoms with Crippen LogP contribution in [0.25, 0.3) is 0 Å². The molecular formula is C12H7BrClN3O2S. The number of nitrogens with one attached hydrogen (secondary N) is 1. The number of anilines is 1. The fourth-order valence-electron chi connectivity index (χ4n) is 1.47. The van der Waals surface area contributed by atoms with Gasteiger partial charge in [-0.15, -0.1) is 0 Å². The third-order valence-corrected chi connectivity index (χ3v) is 5.16. The number of pyridine rings is 1. The van der Waals surface area contributed by atoms with Gasteiger partial charge in [-0.25, -0.2) is 13.4 Å². The standard InChI is InChI=1S/C12H7BrClN3O2S/c13-12-8(14)3-1-4-9(12)17-20(18,19)11-5-2-6-16-10(11)7-15/h1-6,17H. The first-order valence-corrected chi connectivity index (χ1v) is 7.93. The number of sulfonamides is 1. The van der Waals surface area contributed by atoms with E-state index in [9.17, 15) is 8.42 Å². The van der Waals surface area contributed by atoms with Gasteiger partial charge in [0.05, 0.1) is 15.2 Å². The summed E-state index contributed by atoms with van der Waals surface area (Å²) in [5.74, 6) is 0.